The van der Waals surface area contributed by atoms with Crippen LogP contribution in [0.5, 0.6) is 0 Å². The maximum absolute atomic E-state index is 5.97. The van der Waals surface area contributed by atoms with E-state index in [0.717, 1.165) is 35.0 Å². The Morgan fingerprint density at radius 1 is 1.22 bits per heavy atom. The van der Waals surface area contributed by atoms with E-state index < -0.39 is 0 Å². The predicted octanol–water partition coefficient (Wildman–Crippen LogP) is 3.69. The van der Waals surface area contributed by atoms with E-state index in [-0.39, 0.29) is 10.3 Å². The Labute approximate surface area is 123 Å². The molecule has 94 valence electrons. The summed E-state index contributed by atoms with van der Waals surface area (Å²) in [6, 6.07) is 1.96. The molecule has 1 aliphatic rings. The summed E-state index contributed by atoms with van der Waals surface area (Å²) in [7, 11) is 2.11. The van der Waals surface area contributed by atoms with Crippen molar-refractivity contribution < 1.29 is 0 Å². The van der Waals surface area contributed by atoms with E-state index >= 15 is 0 Å². The van der Waals surface area contributed by atoms with Crippen molar-refractivity contribution in [2.24, 2.45) is 0 Å². The van der Waals surface area contributed by atoms with Crippen LogP contribution in [-0.4, -0.2) is 28.5 Å². The molecule has 0 saturated heterocycles. The van der Waals surface area contributed by atoms with Crippen LogP contribution in [0.25, 0.3) is 11.0 Å². The van der Waals surface area contributed by atoms with Gasteiger partial charge in [0.05, 0.1) is 11.0 Å². The van der Waals surface area contributed by atoms with Gasteiger partial charge in [-0.2, -0.15) is 0 Å². The van der Waals surface area contributed by atoms with E-state index in [1.54, 1.807) is 0 Å². The molecule has 0 bridgehead atoms. The number of rotatable bonds is 0. The largest absolute Gasteiger partial charge is 0.302 e. The Bertz CT molecular complexity index is 645. The molecule has 1 aromatic carbocycles. The smallest absolute Gasteiger partial charge is 0.167 e. The Morgan fingerprint density at radius 3 is 2.72 bits per heavy atom. The average molecular weight is 347 g/mol. The van der Waals surface area contributed by atoms with Crippen molar-refractivity contribution in [1.82, 2.24) is 14.9 Å². The first-order chi connectivity index (χ1) is 8.56. The zero-order valence-corrected chi connectivity index (χ0v) is 12.8. The van der Waals surface area contributed by atoms with Crippen molar-refractivity contribution in [1.29, 1.82) is 0 Å². The van der Waals surface area contributed by atoms with Crippen LogP contribution in [0.2, 0.25) is 10.3 Å². The molecule has 2 heterocycles. The first-order valence-electron chi connectivity index (χ1n) is 5.58. The third-order valence-corrected chi connectivity index (χ3v) is 4.55. The van der Waals surface area contributed by atoms with E-state index in [1.165, 1.54) is 11.1 Å². The second-order valence-electron chi connectivity index (χ2n) is 4.48. The second kappa shape index (κ2) is 4.60. The van der Waals surface area contributed by atoms with Crippen molar-refractivity contribution in [2.75, 3.05) is 13.6 Å². The molecule has 3 rings (SSSR count). The molecule has 0 spiro atoms. The van der Waals surface area contributed by atoms with Gasteiger partial charge in [0.25, 0.3) is 0 Å². The lowest BCUT2D eigenvalue weighted by Gasteiger charge is -2.26. The first kappa shape index (κ1) is 12.6. The molecule has 0 unspecified atom stereocenters. The predicted molar refractivity (Wildman–Crippen MR) is 77.3 cm³/mol. The molecule has 0 N–H and O–H groups in total. The Morgan fingerprint density at radius 2 is 1.94 bits per heavy atom. The third-order valence-electron chi connectivity index (χ3n) is 3.21. The molecular formula is C12H10BrCl2N3. The molecule has 18 heavy (non-hydrogen) atoms. The van der Waals surface area contributed by atoms with E-state index in [4.69, 9.17) is 23.2 Å². The molecule has 0 aliphatic carbocycles. The van der Waals surface area contributed by atoms with Crippen molar-refractivity contribution in [3.63, 3.8) is 0 Å². The molecular weight excluding hydrogens is 337 g/mol. The van der Waals surface area contributed by atoms with Gasteiger partial charge >= 0.3 is 0 Å². The summed E-state index contributed by atoms with van der Waals surface area (Å²) >= 11 is 15.5. The molecule has 6 heteroatoms. The van der Waals surface area contributed by atoms with E-state index in [0.29, 0.717) is 0 Å². The van der Waals surface area contributed by atoms with Gasteiger partial charge in [0, 0.05) is 17.6 Å². The molecule has 0 radical (unpaired) electrons. The highest BCUT2D eigenvalue weighted by atomic mass is 79.9. The highest BCUT2D eigenvalue weighted by Crippen LogP contribution is 2.33. The number of fused-ring (bicyclic) bond motifs is 3. The van der Waals surface area contributed by atoms with E-state index in [2.05, 4.69) is 37.8 Å². The number of hydrogen-bond acceptors (Lipinski definition) is 3. The summed E-state index contributed by atoms with van der Waals surface area (Å²) in [5.74, 6) is 0. The van der Waals surface area contributed by atoms with Crippen LogP contribution in [0, 0.1) is 0 Å². The average Bonchev–Trinajstić information content (AvgIpc) is 2.32. The molecule has 1 aromatic heterocycles. The van der Waals surface area contributed by atoms with Crippen LogP contribution >= 0.6 is 39.1 Å². The van der Waals surface area contributed by atoms with Crippen molar-refractivity contribution >= 4 is 50.2 Å². The lowest BCUT2D eigenvalue weighted by atomic mass is 9.98. The van der Waals surface area contributed by atoms with Gasteiger partial charge in [0.15, 0.2) is 10.3 Å². The van der Waals surface area contributed by atoms with Crippen molar-refractivity contribution in [2.45, 2.75) is 13.0 Å². The summed E-state index contributed by atoms with van der Waals surface area (Å²) in [6.07, 6.45) is 0.953. The summed E-state index contributed by atoms with van der Waals surface area (Å²) in [4.78, 5) is 11.0. The normalized spacial score (nSPS) is 16.0. The summed E-state index contributed by atoms with van der Waals surface area (Å²) in [5.41, 5.74) is 4.16. The second-order valence-corrected chi connectivity index (χ2v) is 6.05. The molecule has 0 atom stereocenters. The number of aromatic nitrogens is 2. The number of halogens is 3. The minimum atomic E-state index is 0.254. The van der Waals surface area contributed by atoms with Gasteiger partial charge in [0.2, 0.25) is 0 Å². The van der Waals surface area contributed by atoms with Gasteiger partial charge in [-0.25, -0.2) is 9.97 Å². The van der Waals surface area contributed by atoms with Gasteiger partial charge in [-0.05, 0) is 30.7 Å². The van der Waals surface area contributed by atoms with Crippen LogP contribution in [-0.2, 0) is 13.0 Å². The van der Waals surface area contributed by atoms with Crippen LogP contribution in [0.1, 0.15) is 11.1 Å². The zero-order chi connectivity index (χ0) is 12.9. The van der Waals surface area contributed by atoms with Crippen molar-refractivity contribution in [3.8, 4) is 0 Å². The SMILES string of the molecule is CN1CCc2c(c(Br)cc3nc(Cl)c(Cl)nc23)C1. The van der Waals surface area contributed by atoms with E-state index in [9.17, 15) is 0 Å². The number of benzene rings is 1. The minimum absolute atomic E-state index is 0.254. The molecule has 2 aromatic rings. The van der Waals surface area contributed by atoms with Crippen molar-refractivity contribution in [3.05, 3.63) is 32.0 Å². The van der Waals surface area contributed by atoms with Crippen LogP contribution in [0.15, 0.2) is 10.5 Å². The van der Waals surface area contributed by atoms with Gasteiger partial charge in [0.1, 0.15) is 0 Å². The fourth-order valence-corrected chi connectivity index (χ4v) is 3.16. The standard InChI is InChI=1S/C12H10BrCl2N3/c1-18-3-2-6-7(5-18)8(13)4-9-10(6)17-12(15)11(14)16-9/h4H,2-3,5H2,1H3. The molecule has 3 nitrogen and oxygen atoms in total. The monoisotopic (exact) mass is 345 g/mol. The molecule has 0 saturated carbocycles. The maximum Gasteiger partial charge on any atom is 0.167 e. The maximum atomic E-state index is 5.97. The third kappa shape index (κ3) is 2.01. The Hall–Kier alpha value is -0.420. The number of hydrogen-bond donors (Lipinski definition) is 0. The molecule has 1 aliphatic heterocycles. The summed E-state index contributed by atoms with van der Waals surface area (Å²) < 4.78 is 1.06. The highest BCUT2D eigenvalue weighted by molar-refractivity contribution is 9.10. The van der Waals surface area contributed by atoms with E-state index in [1.807, 2.05) is 6.07 Å². The lowest BCUT2D eigenvalue weighted by molar-refractivity contribution is 0.313. The first-order valence-corrected chi connectivity index (χ1v) is 7.12. The molecule has 0 amide bonds. The fraction of sp³-hybridized carbons (Fsp3) is 0.333. The van der Waals surface area contributed by atoms with Gasteiger partial charge in [-0.15, -0.1) is 0 Å². The number of likely N-dealkylation sites (N-methyl/N-ethyl adjacent to an activating group) is 1. The van der Waals surface area contributed by atoms with Crippen LogP contribution < -0.4 is 0 Å². The Balaban J connectivity index is 2.33. The topological polar surface area (TPSA) is 29.0 Å². The summed E-state index contributed by atoms with van der Waals surface area (Å²) in [5, 5.41) is 0.525. The van der Waals surface area contributed by atoms with Gasteiger partial charge in [-0.3, -0.25) is 0 Å². The summed E-state index contributed by atoms with van der Waals surface area (Å²) in [6.45, 7) is 1.92. The number of nitrogens with zero attached hydrogens (tertiary/aromatic N) is 3. The zero-order valence-electron chi connectivity index (χ0n) is 9.67. The highest BCUT2D eigenvalue weighted by Gasteiger charge is 2.20. The Kier molecular flexibility index (Phi) is 3.22. The molecule has 0 fully saturated rings. The quantitative estimate of drug-likeness (QED) is 0.728. The van der Waals surface area contributed by atoms with Crippen LogP contribution in [0.3, 0.4) is 0 Å². The van der Waals surface area contributed by atoms with Crippen LogP contribution in [0.4, 0.5) is 0 Å². The minimum Gasteiger partial charge on any atom is -0.302 e. The van der Waals surface area contributed by atoms with Gasteiger partial charge in [-0.1, -0.05) is 39.1 Å². The van der Waals surface area contributed by atoms with Gasteiger partial charge < -0.3 is 4.90 Å². The fourth-order valence-electron chi connectivity index (χ4n) is 2.32. The lowest BCUT2D eigenvalue weighted by Crippen LogP contribution is -2.27.